The zero-order valence-electron chi connectivity index (χ0n) is 17.5. The number of nitrogens with zero attached hydrogens (tertiary/aromatic N) is 1. The molecular weight excluding hydrogens is 450 g/mol. The van der Waals surface area contributed by atoms with E-state index in [9.17, 15) is 22.0 Å². The molecule has 0 aromatic heterocycles. The summed E-state index contributed by atoms with van der Waals surface area (Å²) >= 11 is 0. The highest BCUT2D eigenvalue weighted by atomic mass is 32.2. The largest absolute Gasteiger partial charge is 0.366 e. The van der Waals surface area contributed by atoms with Gasteiger partial charge in [0.1, 0.15) is 16.5 Å². The lowest BCUT2D eigenvalue weighted by atomic mass is 9.91. The van der Waals surface area contributed by atoms with Crippen LogP contribution in [0.15, 0.2) is 70.6 Å². The van der Waals surface area contributed by atoms with Gasteiger partial charge in [-0.3, -0.25) is 4.79 Å². The maximum atomic E-state index is 14.9. The quantitative estimate of drug-likeness (QED) is 0.530. The van der Waals surface area contributed by atoms with Crippen molar-refractivity contribution in [1.82, 2.24) is 4.72 Å². The number of primary amides is 1. The number of fused-ring (bicyclic) bond motifs is 1. The molecule has 0 aliphatic carbocycles. The number of benzene rings is 3. The number of halogens is 2. The van der Waals surface area contributed by atoms with Gasteiger partial charge in [-0.2, -0.15) is 0 Å². The van der Waals surface area contributed by atoms with E-state index >= 15 is 0 Å². The van der Waals surface area contributed by atoms with Gasteiger partial charge in [-0.1, -0.05) is 37.3 Å². The molecule has 3 aromatic rings. The van der Waals surface area contributed by atoms with Crippen LogP contribution < -0.4 is 15.8 Å². The number of nitrogens with two attached hydrogens (primary N) is 1. The van der Waals surface area contributed by atoms with E-state index in [0.29, 0.717) is 11.1 Å². The second kappa shape index (κ2) is 8.62. The summed E-state index contributed by atoms with van der Waals surface area (Å²) in [4.78, 5) is 15.3. The summed E-state index contributed by atoms with van der Waals surface area (Å²) < 4.78 is 57.3. The van der Waals surface area contributed by atoms with E-state index in [4.69, 9.17) is 5.73 Å². The van der Waals surface area contributed by atoms with Crippen molar-refractivity contribution in [1.29, 1.82) is 0 Å². The molecule has 4 rings (SSSR count). The van der Waals surface area contributed by atoms with E-state index in [1.165, 1.54) is 30.3 Å². The van der Waals surface area contributed by atoms with Crippen LogP contribution in [-0.4, -0.2) is 20.3 Å². The molecule has 1 atom stereocenters. The first-order valence-electron chi connectivity index (χ1n) is 9.97. The van der Waals surface area contributed by atoms with Gasteiger partial charge in [0.05, 0.1) is 12.2 Å². The Balaban J connectivity index is 1.72. The molecule has 0 saturated carbocycles. The second-order valence-electron chi connectivity index (χ2n) is 7.53. The Morgan fingerprint density at radius 3 is 2.39 bits per heavy atom. The van der Waals surface area contributed by atoms with Crippen molar-refractivity contribution in [3.05, 3.63) is 94.6 Å². The number of rotatable bonds is 5. The summed E-state index contributed by atoms with van der Waals surface area (Å²) in [5.41, 5.74) is 6.50. The molecule has 0 radical (unpaired) electrons. The van der Waals surface area contributed by atoms with Gasteiger partial charge in [-0.15, -0.1) is 0 Å². The van der Waals surface area contributed by atoms with Gasteiger partial charge in [-0.05, 0) is 41.5 Å². The fraction of sp³-hybridized carbons (Fsp3) is 0.130. The summed E-state index contributed by atoms with van der Waals surface area (Å²) in [5, 5.41) is 2.86. The topological polar surface area (TPSA) is 114 Å². The number of guanidine groups is 1. The van der Waals surface area contributed by atoms with Crippen molar-refractivity contribution in [2.45, 2.75) is 24.3 Å². The smallest absolute Gasteiger partial charge is 0.266 e. The predicted molar refractivity (Wildman–Crippen MR) is 120 cm³/mol. The number of carbonyl (C=O) groups excluding carboxylic acids is 1. The van der Waals surface area contributed by atoms with Crippen molar-refractivity contribution in [2.24, 2.45) is 10.7 Å². The molecule has 0 spiro atoms. The summed E-state index contributed by atoms with van der Waals surface area (Å²) in [6, 6.07) is 14.5. The predicted octanol–water partition coefficient (Wildman–Crippen LogP) is 3.48. The molecule has 33 heavy (non-hydrogen) atoms. The fourth-order valence-electron chi connectivity index (χ4n) is 3.67. The molecule has 4 N–H and O–H groups in total. The number of amides is 1. The Morgan fingerprint density at radius 1 is 1.03 bits per heavy atom. The molecule has 1 aliphatic rings. The average Bonchev–Trinajstić information content (AvgIpc) is 2.77. The summed E-state index contributed by atoms with van der Waals surface area (Å²) in [5.74, 6) is -2.63. The van der Waals surface area contributed by atoms with Gasteiger partial charge in [-0.25, -0.2) is 26.9 Å². The van der Waals surface area contributed by atoms with Crippen LogP contribution in [0, 0.1) is 11.6 Å². The van der Waals surface area contributed by atoms with Crippen molar-refractivity contribution in [3.8, 4) is 0 Å². The van der Waals surface area contributed by atoms with Crippen LogP contribution in [-0.2, 0) is 16.6 Å². The third-order valence-electron chi connectivity index (χ3n) is 5.38. The molecule has 1 amide bonds. The Kier molecular flexibility index (Phi) is 5.86. The molecule has 0 bridgehead atoms. The number of sulfonamides is 1. The Hall–Kier alpha value is -3.79. The number of hydrogen-bond acceptors (Lipinski definition) is 4. The number of aliphatic imine (C=N–C) groups is 1. The van der Waals surface area contributed by atoms with Gasteiger partial charge in [0.15, 0.2) is 0 Å². The Bertz CT molecular complexity index is 1370. The van der Waals surface area contributed by atoms with E-state index in [-0.39, 0.29) is 34.2 Å². The normalized spacial score (nSPS) is 16.4. The molecule has 0 saturated heterocycles. The summed E-state index contributed by atoms with van der Waals surface area (Å²) in [7, 11) is -4.04. The molecule has 1 heterocycles. The molecule has 1 aliphatic heterocycles. The highest BCUT2D eigenvalue weighted by Crippen LogP contribution is 2.38. The lowest BCUT2D eigenvalue weighted by Gasteiger charge is -2.26. The third-order valence-corrected chi connectivity index (χ3v) is 6.76. The average molecular weight is 471 g/mol. The molecule has 0 unspecified atom stereocenters. The highest BCUT2D eigenvalue weighted by molar-refractivity contribution is 7.90. The van der Waals surface area contributed by atoms with Gasteiger partial charge < -0.3 is 11.1 Å². The summed E-state index contributed by atoms with van der Waals surface area (Å²) in [6.07, 6.45) is 0. The standard InChI is InChI=1S/C23H20F2N4O3S/c1-13(16-4-2-3-5-17(16)24)20-18(25)10-11-19-21(20)28-23(29-33(19,31)32)27-12-14-6-8-15(9-7-14)22(26)30/h2-11,13H,12H2,1H3,(H2,26,30)(H2,27,28,29)/t13-/m1/s1. The second-order valence-corrected chi connectivity index (χ2v) is 9.18. The Morgan fingerprint density at radius 2 is 1.73 bits per heavy atom. The van der Waals surface area contributed by atoms with Crippen LogP contribution in [0.5, 0.6) is 0 Å². The van der Waals surface area contributed by atoms with Crippen LogP contribution in [0.25, 0.3) is 0 Å². The monoisotopic (exact) mass is 470 g/mol. The highest BCUT2D eigenvalue weighted by Gasteiger charge is 2.32. The van der Waals surface area contributed by atoms with Crippen LogP contribution in [0.2, 0.25) is 0 Å². The van der Waals surface area contributed by atoms with Crippen LogP contribution in [0.1, 0.15) is 39.9 Å². The van der Waals surface area contributed by atoms with E-state index in [1.807, 2.05) is 0 Å². The minimum atomic E-state index is -4.04. The number of hydrogen-bond donors (Lipinski definition) is 3. The van der Waals surface area contributed by atoms with Crippen molar-refractivity contribution < 1.29 is 22.0 Å². The van der Waals surface area contributed by atoms with Crippen LogP contribution >= 0.6 is 0 Å². The zero-order valence-corrected chi connectivity index (χ0v) is 18.3. The SMILES string of the molecule is C[C@H](c1ccccc1F)c1c(F)ccc2c1NC(=NCc1ccc(C(N)=O)cc1)NS2(=O)=O. The van der Waals surface area contributed by atoms with Gasteiger partial charge >= 0.3 is 0 Å². The molecule has 10 heteroatoms. The molecule has 3 aromatic carbocycles. The van der Waals surface area contributed by atoms with Crippen molar-refractivity contribution in [2.75, 3.05) is 5.32 Å². The van der Waals surface area contributed by atoms with E-state index in [0.717, 1.165) is 12.1 Å². The third kappa shape index (κ3) is 4.42. The molecule has 7 nitrogen and oxygen atoms in total. The minimum absolute atomic E-state index is 0.00679. The van der Waals surface area contributed by atoms with Gasteiger partial charge in [0.2, 0.25) is 11.9 Å². The first kappa shape index (κ1) is 22.4. The van der Waals surface area contributed by atoms with Crippen molar-refractivity contribution >= 4 is 27.6 Å². The first-order valence-corrected chi connectivity index (χ1v) is 11.5. The first-order chi connectivity index (χ1) is 15.7. The lowest BCUT2D eigenvalue weighted by Crippen LogP contribution is -2.41. The van der Waals surface area contributed by atoms with Crippen molar-refractivity contribution in [3.63, 3.8) is 0 Å². The van der Waals surface area contributed by atoms with Gasteiger partial charge in [0, 0.05) is 17.0 Å². The maximum absolute atomic E-state index is 14.9. The molecule has 170 valence electrons. The minimum Gasteiger partial charge on any atom is -0.366 e. The zero-order chi connectivity index (χ0) is 23.8. The fourth-order valence-corrected chi connectivity index (χ4v) is 4.83. The lowest BCUT2D eigenvalue weighted by molar-refractivity contribution is 0.1000. The van der Waals surface area contributed by atoms with Crippen LogP contribution in [0.3, 0.4) is 0 Å². The molecule has 0 fully saturated rings. The number of nitrogens with one attached hydrogen (secondary N) is 2. The van der Waals surface area contributed by atoms with E-state index < -0.39 is 33.5 Å². The number of carbonyl (C=O) groups is 1. The Labute approximate surface area is 189 Å². The number of anilines is 1. The molecular formula is C23H20F2N4O3S. The van der Waals surface area contributed by atoms with E-state index in [2.05, 4.69) is 15.0 Å². The maximum Gasteiger partial charge on any atom is 0.266 e. The van der Waals surface area contributed by atoms with Gasteiger partial charge in [0.25, 0.3) is 10.0 Å². The summed E-state index contributed by atoms with van der Waals surface area (Å²) in [6.45, 7) is 1.68. The van der Waals surface area contributed by atoms with Crippen LogP contribution in [0.4, 0.5) is 14.5 Å². The van der Waals surface area contributed by atoms with E-state index in [1.54, 1.807) is 25.1 Å².